The number of hydrogen-bond donors (Lipinski definition) is 0. The van der Waals surface area contributed by atoms with Gasteiger partial charge >= 0.3 is 0 Å². The van der Waals surface area contributed by atoms with E-state index in [1.54, 1.807) is 6.92 Å². The van der Waals surface area contributed by atoms with E-state index >= 15 is 0 Å². The summed E-state index contributed by atoms with van der Waals surface area (Å²) in [6.07, 6.45) is 0.438. The molecule has 0 spiro atoms. The van der Waals surface area contributed by atoms with Crippen molar-refractivity contribution in [3.63, 3.8) is 0 Å². The Morgan fingerprint density at radius 3 is 2.00 bits per heavy atom. The molecule has 0 aliphatic rings. The Balaban J connectivity index is 3.79. The summed E-state index contributed by atoms with van der Waals surface area (Å²) >= 11 is 5.27. The van der Waals surface area contributed by atoms with Crippen LogP contribution >= 0.6 is 11.6 Å². The Labute approximate surface area is 59.2 Å². The lowest BCUT2D eigenvalue weighted by molar-refractivity contribution is -0.0320. The van der Waals surface area contributed by atoms with Crippen LogP contribution in [0.4, 0.5) is 8.78 Å². The fourth-order valence-electron chi connectivity index (χ4n) is 0.603. The quantitative estimate of drug-likeness (QED) is 0.552. The van der Waals surface area contributed by atoms with Crippen molar-refractivity contribution in [1.29, 1.82) is 0 Å². The molecule has 1 atom stereocenters. The average Bonchev–Trinajstić information content (AvgIpc) is 1.65. The topological polar surface area (TPSA) is 0 Å². The van der Waals surface area contributed by atoms with Gasteiger partial charge in [-0.25, -0.2) is 8.78 Å². The summed E-state index contributed by atoms with van der Waals surface area (Å²) in [7, 11) is 0. The van der Waals surface area contributed by atoms with Crippen LogP contribution in [0.1, 0.15) is 20.3 Å². The van der Waals surface area contributed by atoms with E-state index in [-0.39, 0.29) is 5.88 Å². The first-order valence-electron chi connectivity index (χ1n) is 2.96. The monoisotopic (exact) mass is 156 g/mol. The highest BCUT2D eigenvalue weighted by molar-refractivity contribution is 6.18. The minimum atomic E-state index is -2.61. The number of hydrogen-bond acceptors (Lipinski definition) is 0. The van der Waals surface area contributed by atoms with Crippen molar-refractivity contribution < 1.29 is 8.78 Å². The Morgan fingerprint density at radius 1 is 1.56 bits per heavy atom. The fraction of sp³-hybridized carbons (Fsp3) is 1.00. The molecular formula is C6H11ClF2. The van der Waals surface area contributed by atoms with E-state index in [9.17, 15) is 8.78 Å². The van der Waals surface area contributed by atoms with Gasteiger partial charge in [0.1, 0.15) is 0 Å². The van der Waals surface area contributed by atoms with Crippen LogP contribution in [-0.2, 0) is 0 Å². The maximum absolute atomic E-state index is 12.3. The van der Waals surface area contributed by atoms with Gasteiger partial charge in [0, 0.05) is 11.8 Å². The van der Waals surface area contributed by atoms with Crippen LogP contribution in [0.25, 0.3) is 0 Å². The second-order valence-electron chi connectivity index (χ2n) is 2.22. The summed E-state index contributed by atoms with van der Waals surface area (Å²) in [4.78, 5) is 0. The van der Waals surface area contributed by atoms with E-state index in [2.05, 4.69) is 0 Å². The summed E-state index contributed by atoms with van der Waals surface area (Å²) in [6.45, 7) is 2.62. The minimum absolute atomic E-state index is 0.0417. The smallest absolute Gasteiger partial charge is 0.207 e. The highest BCUT2D eigenvalue weighted by atomic mass is 35.5. The van der Waals surface area contributed by atoms with Crippen molar-refractivity contribution in [1.82, 2.24) is 0 Å². The zero-order valence-electron chi connectivity index (χ0n) is 5.63. The van der Waals surface area contributed by atoms with Crippen LogP contribution in [0.15, 0.2) is 0 Å². The fourth-order valence-corrected chi connectivity index (χ4v) is 1.09. The van der Waals surface area contributed by atoms with Gasteiger partial charge in [-0.3, -0.25) is 0 Å². The SMILES string of the molecule is CCC(CCl)C(C)(F)F. The lowest BCUT2D eigenvalue weighted by Gasteiger charge is -2.18. The molecule has 3 heteroatoms. The molecule has 0 amide bonds. The van der Waals surface area contributed by atoms with E-state index in [0.29, 0.717) is 6.42 Å². The zero-order chi connectivity index (χ0) is 7.49. The van der Waals surface area contributed by atoms with Crippen LogP contribution in [0.2, 0.25) is 0 Å². The largest absolute Gasteiger partial charge is 0.249 e. The normalized spacial score (nSPS) is 15.7. The Bertz CT molecular complexity index is 73.6. The molecule has 9 heavy (non-hydrogen) atoms. The third-order valence-corrected chi connectivity index (χ3v) is 1.77. The van der Waals surface area contributed by atoms with Crippen molar-refractivity contribution in [3.8, 4) is 0 Å². The molecule has 0 saturated heterocycles. The highest BCUT2D eigenvalue weighted by Gasteiger charge is 2.31. The summed E-state index contributed by atoms with van der Waals surface area (Å²) in [5.41, 5.74) is 0. The van der Waals surface area contributed by atoms with Crippen molar-refractivity contribution in [2.75, 3.05) is 5.88 Å². The molecule has 0 rings (SSSR count). The molecule has 0 heterocycles. The minimum Gasteiger partial charge on any atom is -0.207 e. The standard InChI is InChI=1S/C6H11ClF2/c1-3-5(4-7)6(2,8)9/h5H,3-4H2,1-2H3. The van der Waals surface area contributed by atoms with E-state index in [4.69, 9.17) is 11.6 Å². The maximum atomic E-state index is 12.3. The Morgan fingerprint density at radius 2 is 2.00 bits per heavy atom. The maximum Gasteiger partial charge on any atom is 0.249 e. The Kier molecular flexibility index (Phi) is 3.41. The molecule has 0 bridgehead atoms. The van der Waals surface area contributed by atoms with Gasteiger partial charge in [0.15, 0.2) is 0 Å². The van der Waals surface area contributed by atoms with Gasteiger partial charge in [0.25, 0.3) is 0 Å². The molecule has 0 aromatic heterocycles. The van der Waals surface area contributed by atoms with Gasteiger partial charge in [0.2, 0.25) is 5.92 Å². The van der Waals surface area contributed by atoms with Gasteiger partial charge in [-0.15, -0.1) is 11.6 Å². The molecule has 56 valence electrons. The summed E-state index contributed by atoms with van der Waals surface area (Å²) in [5.74, 6) is -3.24. The van der Waals surface area contributed by atoms with Crippen LogP contribution in [-0.4, -0.2) is 11.8 Å². The molecule has 0 aliphatic heterocycles. The van der Waals surface area contributed by atoms with Crippen molar-refractivity contribution in [3.05, 3.63) is 0 Å². The molecule has 0 aromatic carbocycles. The summed E-state index contributed by atoms with van der Waals surface area (Å²) in [6, 6.07) is 0. The van der Waals surface area contributed by atoms with Gasteiger partial charge in [-0.05, 0) is 13.3 Å². The number of halogens is 3. The lowest BCUT2D eigenvalue weighted by Crippen LogP contribution is -2.24. The predicted octanol–water partition coefficient (Wildman–Crippen LogP) is 2.91. The molecule has 1 unspecified atom stereocenters. The third-order valence-electron chi connectivity index (χ3n) is 1.40. The number of alkyl halides is 3. The first-order chi connectivity index (χ1) is 4.02. The molecule has 0 nitrogen and oxygen atoms in total. The molecule has 0 N–H and O–H groups in total. The molecule has 0 fully saturated rings. The predicted molar refractivity (Wildman–Crippen MR) is 35.1 cm³/mol. The van der Waals surface area contributed by atoms with E-state index in [1.165, 1.54) is 0 Å². The third kappa shape index (κ3) is 2.99. The molecule has 0 radical (unpaired) electrons. The molecule has 0 saturated carbocycles. The zero-order valence-corrected chi connectivity index (χ0v) is 6.38. The molecule has 0 aromatic rings. The van der Waals surface area contributed by atoms with Crippen molar-refractivity contribution in [2.45, 2.75) is 26.2 Å². The van der Waals surface area contributed by atoms with Crippen LogP contribution < -0.4 is 0 Å². The Hall–Kier alpha value is 0.150. The highest BCUT2D eigenvalue weighted by Crippen LogP contribution is 2.26. The van der Waals surface area contributed by atoms with Crippen LogP contribution in [0, 0.1) is 5.92 Å². The van der Waals surface area contributed by atoms with E-state index < -0.39 is 11.8 Å². The van der Waals surface area contributed by atoms with E-state index in [1.807, 2.05) is 0 Å². The number of rotatable bonds is 3. The van der Waals surface area contributed by atoms with E-state index in [0.717, 1.165) is 6.92 Å². The summed E-state index contributed by atoms with van der Waals surface area (Å²) in [5, 5.41) is 0. The van der Waals surface area contributed by atoms with Gasteiger partial charge < -0.3 is 0 Å². The van der Waals surface area contributed by atoms with Gasteiger partial charge in [0.05, 0.1) is 0 Å². The average molecular weight is 157 g/mol. The first-order valence-corrected chi connectivity index (χ1v) is 3.49. The van der Waals surface area contributed by atoms with Crippen molar-refractivity contribution >= 4 is 11.6 Å². The molecule has 0 aliphatic carbocycles. The second kappa shape index (κ2) is 3.35. The summed E-state index contributed by atoms with van der Waals surface area (Å²) < 4.78 is 24.6. The van der Waals surface area contributed by atoms with Crippen molar-refractivity contribution in [2.24, 2.45) is 5.92 Å². The molecular weight excluding hydrogens is 146 g/mol. The lowest BCUT2D eigenvalue weighted by atomic mass is 10.0. The first kappa shape index (κ1) is 9.15. The van der Waals surface area contributed by atoms with Gasteiger partial charge in [-0.2, -0.15) is 0 Å². The van der Waals surface area contributed by atoms with Crippen LogP contribution in [0.5, 0.6) is 0 Å². The second-order valence-corrected chi connectivity index (χ2v) is 2.52. The van der Waals surface area contributed by atoms with Crippen LogP contribution in [0.3, 0.4) is 0 Å². The van der Waals surface area contributed by atoms with Gasteiger partial charge in [-0.1, -0.05) is 6.92 Å².